The number of amides is 1. The molecule has 2 fully saturated rings. The van der Waals surface area contributed by atoms with E-state index in [0.717, 1.165) is 24.4 Å². The maximum Gasteiger partial charge on any atom is 0.490 e. The summed E-state index contributed by atoms with van der Waals surface area (Å²) < 4.78 is 69.0. The van der Waals surface area contributed by atoms with Gasteiger partial charge in [0.25, 0.3) is 5.91 Å². The summed E-state index contributed by atoms with van der Waals surface area (Å²) in [5.74, 6) is -5.70. The quantitative estimate of drug-likeness (QED) is 0.360. The van der Waals surface area contributed by atoms with Gasteiger partial charge in [-0.05, 0) is 44.9 Å². The van der Waals surface area contributed by atoms with Crippen LogP contribution in [-0.2, 0) is 25.7 Å². The predicted octanol–water partition coefficient (Wildman–Crippen LogP) is 3.36. The van der Waals surface area contributed by atoms with Gasteiger partial charge in [0.15, 0.2) is 0 Å². The maximum atomic E-state index is 13.2. The number of likely N-dealkylation sites (tertiary alicyclic amines) is 2. The van der Waals surface area contributed by atoms with Gasteiger partial charge in [-0.25, -0.2) is 9.59 Å². The van der Waals surface area contributed by atoms with Crippen molar-refractivity contribution >= 4 is 23.8 Å². The Kier molecular flexibility index (Phi) is 12.8. The van der Waals surface area contributed by atoms with Gasteiger partial charge in [0.1, 0.15) is 0 Å². The zero-order chi connectivity index (χ0) is 34.0. The lowest BCUT2D eigenvalue weighted by Crippen LogP contribution is -2.43. The van der Waals surface area contributed by atoms with Crippen LogP contribution in [0.5, 0.6) is 0 Å². The van der Waals surface area contributed by atoms with Crippen molar-refractivity contribution in [3.05, 3.63) is 53.6 Å². The zero-order valence-electron chi connectivity index (χ0n) is 24.1. The number of aryl methyl sites for hydroxylation is 1. The Morgan fingerprint density at radius 1 is 1.00 bits per heavy atom. The lowest BCUT2D eigenvalue weighted by Gasteiger charge is -2.31. The molecule has 2 aliphatic heterocycles. The highest BCUT2D eigenvalue weighted by molar-refractivity contribution is 5.94. The number of hydrogen-bond donors (Lipinski definition) is 2. The van der Waals surface area contributed by atoms with E-state index in [0.29, 0.717) is 44.8 Å². The molecule has 0 unspecified atom stereocenters. The minimum atomic E-state index is -5.08. The van der Waals surface area contributed by atoms with Crippen LogP contribution in [0.15, 0.2) is 36.7 Å². The summed E-state index contributed by atoms with van der Waals surface area (Å²) in [6.45, 7) is 7.37. The molecule has 2 aromatic heterocycles. The Morgan fingerprint density at radius 2 is 1.62 bits per heavy atom. The Hall–Kier alpha value is -4.35. The SMILES string of the molecule is CCOC(=O)[C@]12CCCN(C(=O)c3ccnnc3)C[C@H]1CN(Cc1cccc(C)n1)C2.O=C(O)C(F)(F)F.O=C(O)C(F)(F)F. The summed E-state index contributed by atoms with van der Waals surface area (Å²) in [6.07, 6.45) is -5.67. The van der Waals surface area contributed by atoms with E-state index in [9.17, 15) is 35.9 Å². The summed E-state index contributed by atoms with van der Waals surface area (Å²) in [5.41, 5.74) is 1.91. The van der Waals surface area contributed by atoms with Crippen LogP contribution in [0, 0.1) is 18.3 Å². The highest BCUT2D eigenvalue weighted by Gasteiger charge is 2.54. The third-order valence-corrected chi connectivity index (χ3v) is 6.87. The van der Waals surface area contributed by atoms with E-state index in [1.54, 1.807) is 6.07 Å². The van der Waals surface area contributed by atoms with E-state index in [-0.39, 0.29) is 17.8 Å². The summed E-state index contributed by atoms with van der Waals surface area (Å²) in [6, 6.07) is 7.69. The molecule has 2 aliphatic rings. The van der Waals surface area contributed by atoms with Crippen LogP contribution in [0.1, 0.15) is 41.5 Å². The number of hydrogen-bond acceptors (Lipinski definition) is 9. The first kappa shape index (κ1) is 36.8. The number of fused-ring (bicyclic) bond motifs is 1. The average molecular weight is 652 g/mol. The van der Waals surface area contributed by atoms with Crippen LogP contribution in [0.2, 0.25) is 0 Å². The Morgan fingerprint density at radius 3 is 2.13 bits per heavy atom. The Bertz CT molecular complexity index is 1310. The number of aromatic nitrogens is 3. The van der Waals surface area contributed by atoms with Crippen LogP contribution in [0.3, 0.4) is 0 Å². The monoisotopic (exact) mass is 651 g/mol. The average Bonchev–Trinajstić information content (AvgIpc) is 3.19. The molecule has 0 saturated carbocycles. The van der Waals surface area contributed by atoms with Crippen molar-refractivity contribution in [3.63, 3.8) is 0 Å². The standard InChI is InChI=1S/C23H29N5O3.2C2HF3O2/c1-3-31-22(30)23-9-5-11-28(21(29)18-8-10-24-25-12-18)14-19(23)13-27(16-23)15-20-7-4-6-17(2)26-20;2*3-2(4,5)1(6)7/h4,6-8,10,12,19H,3,5,9,11,13-16H2,1-2H3;2*(H,6,7)/t19-,23+;;/m1../s1. The van der Waals surface area contributed by atoms with Gasteiger partial charge in [0.05, 0.1) is 35.7 Å². The van der Waals surface area contributed by atoms with Crippen LogP contribution in [0.25, 0.3) is 0 Å². The number of carbonyl (C=O) groups is 4. The molecular weight excluding hydrogens is 620 g/mol. The van der Waals surface area contributed by atoms with Gasteiger partial charge >= 0.3 is 30.3 Å². The first-order valence-corrected chi connectivity index (χ1v) is 13.4. The van der Waals surface area contributed by atoms with E-state index in [1.807, 2.05) is 36.9 Å². The van der Waals surface area contributed by atoms with Crippen molar-refractivity contribution < 1.29 is 60.5 Å². The van der Waals surface area contributed by atoms with Gasteiger partial charge in [-0.1, -0.05) is 6.07 Å². The van der Waals surface area contributed by atoms with Gasteiger partial charge < -0.3 is 19.8 Å². The van der Waals surface area contributed by atoms with Crippen molar-refractivity contribution in [2.24, 2.45) is 11.3 Å². The van der Waals surface area contributed by atoms with Crippen LogP contribution in [0.4, 0.5) is 26.3 Å². The van der Waals surface area contributed by atoms with Crippen LogP contribution >= 0.6 is 0 Å². The van der Waals surface area contributed by atoms with Gasteiger partial charge in [-0.3, -0.25) is 19.5 Å². The molecule has 12 nitrogen and oxygen atoms in total. The summed E-state index contributed by atoms with van der Waals surface area (Å²) >= 11 is 0. The van der Waals surface area contributed by atoms with Crippen molar-refractivity contribution in [1.29, 1.82) is 0 Å². The minimum absolute atomic E-state index is 0.0117. The minimum Gasteiger partial charge on any atom is -0.475 e. The number of esters is 1. The van der Waals surface area contributed by atoms with Crippen LogP contribution < -0.4 is 0 Å². The van der Waals surface area contributed by atoms with Gasteiger partial charge in [-0.15, -0.1) is 0 Å². The largest absolute Gasteiger partial charge is 0.490 e. The first-order valence-electron chi connectivity index (χ1n) is 13.4. The number of halogens is 6. The molecule has 4 heterocycles. The van der Waals surface area contributed by atoms with Gasteiger partial charge in [-0.2, -0.15) is 36.5 Å². The maximum absolute atomic E-state index is 13.2. The molecule has 0 spiro atoms. The summed E-state index contributed by atoms with van der Waals surface area (Å²) in [5, 5.41) is 21.8. The summed E-state index contributed by atoms with van der Waals surface area (Å²) in [4.78, 5) is 52.8. The van der Waals surface area contributed by atoms with Crippen molar-refractivity contribution in [1.82, 2.24) is 25.0 Å². The number of carbonyl (C=O) groups excluding carboxylic acids is 2. The van der Waals surface area contributed by atoms with E-state index in [2.05, 4.69) is 20.1 Å². The fraction of sp³-hybridized carbons (Fsp3) is 0.519. The zero-order valence-corrected chi connectivity index (χ0v) is 24.1. The molecule has 0 bridgehead atoms. The molecular formula is C27H31F6N5O7. The first-order chi connectivity index (χ1) is 20.9. The molecule has 0 radical (unpaired) electrons. The highest BCUT2D eigenvalue weighted by Crippen LogP contribution is 2.44. The van der Waals surface area contributed by atoms with E-state index in [4.69, 9.17) is 24.5 Å². The lowest BCUT2D eigenvalue weighted by atomic mass is 9.75. The molecule has 1 amide bonds. The summed E-state index contributed by atoms with van der Waals surface area (Å²) in [7, 11) is 0. The number of alkyl halides is 6. The Labute approximate surface area is 253 Å². The second kappa shape index (κ2) is 15.6. The number of aliphatic carboxylic acids is 2. The number of carboxylic acids is 2. The number of rotatable bonds is 5. The molecule has 2 atom stereocenters. The predicted molar refractivity (Wildman–Crippen MR) is 141 cm³/mol. The number of ether oxygens (including phenoxy) is 1. The van der Waals surface area contributed by atoms with Crippen molar-refractivity contribution in [2.45, 2.75) is 45.6 Å². The van der Waals surface area contributed by atoms with E-state index in [1.165, 1.54) is 12.4 Å². The topological polar surface area (TPSA) is 163 Å². The molecule has 18 heteroatoms. The molecule has 4 rings (SSSR count). The smallest absolute Gasteiger partial charge is 0.475 e. The number of carboxylic acid groups (broad SMARTS) is 2. The fourth-order valence-corrected chi connectivity index (χ4v) is 4.97. The molecule has 0 aromatic carbocycles. The molecule has 2 aromatic rings. The Balaban J connectivity index is 0.000000421. The normalized spacial score (nSPS) is 19.9. The van der Waals surface area contributed by atoms with Crippen LogP contribution in [-0.4, -0.2) is 104 Å². The second-order valence-electron chi connectivity index (χ2n) is 10.1. The van der Waals surface area contributed by atoms with Gasteiger partial charge in [0, 0.05) is 44.3 Å². The molecule has 45 heavy (non-hydrogen) atoms. The van der Waals surface area contributed by atoms with Crippen molar-refractivity contribution in [3.8, 4) is 0 Å². The lowest BCUT2D eigenvalue weighted by molar-refractivity contribution is -0.193. The number of nitrogens with zero attached hydrogens (tertiary/aromatic N) is 5. The number of pyridine rings is 1. The van der Waals surface area contributed by atoms with E-state index >= 15 is 0 Å². The highest BCUT2D eigenvalue weighted by atomic mass is 19.4. The van der Waals surface area contributed by atoms with Crippen molar-refractivity contribution in [2.75, 3.05) is 32.8 Å². The molecule has 2 N–H and O–H groups in total. The molecule has 2 saturated heterocycles. The molecule has 0 aliphatic carbocycles. The third-order valence-electron chi connectivity index (χ3n) is 6.87. The molecule has 248 valence electrons. The van der Waals surface area contributed by atoms with E-state index < -0.39 is 29.7 Å². The second-order valence-corrected chi connectivity index (χ2v) is 10.1. The fourth-order valence-electron chi connectivity index (χ4n) is 4.97. The van der Waals surface area contributed by atoms with Gasteiger partial charge in [0.2, 0.25) is 0 Å². The third kappa shape index (κ3) is 10.6.